The summed E-state index contributed by atoms with van der Waals surface area (Å²) in [7, 11) is 1.61. The van der Waals surface area contributed by atoms with Gasteiger partial charge in [-0.05, 0) is 29.8 Å². The zero-order valence-electron chi connectivity index (χ0n) is 15.5. The van der Waals surface area contributed by atoms with Crippen molar-refractivity contribution < 1.29 is 19.1 Å². The van der Waals surface area contributed by atoms with Crippen molar-refractivity contribution in [1.82, 2.24) is 9.80 Å². The molecule has 6 heteroatoms. The summed E-state index contributed by atoms with van der Waals surface area (Å²) in [6.45, 7) is 2.16. The molecule has 27 heavy (non-hydrogen) atoms. The van der Waals surface area contributed by atoms with Crippen molar-refractivity contribution in [3.05, 3.63) is 60.2 Å². The summed E-state index contributed by atoms with van der Waals surface area (Å²) in [4.78, 5) is 28.4. The first-order valence-electron chi connectivity index (χ1n) is 9.02. The molecule has 1 aliphatic heterocycles. The van der Waals surface area contributed by atoms with Gasteiger partial charge in [-0.15, -0.1) is 0 Å². The molecule has 1 fully saturated rings. The van der Waals surface area contributed by atoms with Crippen molar-refractivity contribution in [3.8, 4) is 11.5 Å². The molecule has 1 saturated heterocycles. The number of ether oxygens (including phenoxy) is 2. The standard InChI is InChI=1S/C21H24N2O4/c1-26-19-9-5-6-17(14-19)15-20(24)22-10-12-23(13-11-22)21(25)16-27-18-7-3-2-4-8-18/h2-9,14H,10-13,15-16H2,1H3. The lowest BCUT2D eigenvalue weighted by atomic mass is 10.1. The summed E-state index contributed by atoms with van der Waals surface area (Å²) in [6.07, 6.45) is 0.336. The highest BCUT2D eigenvalue weighted by atomic mass is 16.5. The Morgan fingerprint density at radius 3 is 2.15 bits per heavy atom. The van der Waals surface area contributed by atoms with Crippen molar-refractivity contribution in [2.45, 2.75) is 6.42 Å². The second kappa shape index (κ2) is 9.07. The van der Waals surface area contributed by atoms with Gasteiger partial charge < -0.3 is 19.3 Å². The van der Waals surface area contributed by atoms with Gasteiger partial charge in [0.1, 0.15) is 11.5 Å². The molecule has 0 bridgehead atoms. The Morgan fingerprint density at radius 2 is 1.48 bits per heavy atom. The molecule has 0 N–H and O–H groups in total. The molecule has 2 amide bonds. The Hall–Kier alpha value is -3.02. The van der Waals surface area contributed by atoms with Crippen LogP contribution in [-0.4, -0.2) is 61.5 Å². The quantitative estimate of drug-likeness (QED) is 0.782. The van der Waals surface area contributed by atoms with Crippen molar-refractivity contribution >= 4 is 11.8 Å². The Morgan fingerprint density at radius 1 is 0.852 bits per heavy atom. The van der Waals surface area contributed by atoms with Crippen molar-refractivity contribution in [2.75, 3.05) is 39.9 Å². The molecule has 0 aromatic heterocycles. The van der Waals surface area contributed by atoms with Gasteiger partial charge in [0.25, 0.3) is 5.91 Å². The number of carbonyl (C=O) groups excluding carboxylic acids is 2. The van der Waals surface area contributed by atoms with Crippen LogP contribution in [0.1, 0.15) is 5.56 Å². The number of piperazine rings is 1. The van der Waals surface area contributed by atoms with Crippen molar-refractivity contribution in [2.24, 2.45) is 0 Å². The molecule has 2 aromatic rings. The van der Waals surface area contributed by atoms with Crippen LogP contribution in [0.15, 0.2) is 54.6 Å². The van der Waals surface area contributed by atoms with Gasteiger partial charge in [0.05, 0.1) is 13.5 Å². The predicted molar refractivity (Wildman–Crippen MR) is 102 cm³/mol. The molecule has 1 heterocycles. The van der Waals surface area contributed by atoms with Gasteiger partial charge in [-0.3, -0.25) is 9.59 Å². The fourth-order valence-electron chi connectivity index (χ4n) is 3.03. The molecule has 0 unspecified atom stereocenters. The molecule has 142 valence electrons. The van der Waals surface area contributed by atoms with E-state index in [9.17, 15) is 9.59 Å². The Bertz CT molecular complexity index is 771. The number of benzene rings is 2. The zero-order chi connectivity index (χ0) is 19.1. The lowest BCUT2D eigenvalue weighted by Gasteiger charge is -2.34. The average Bonchev–Trinajstić information content (AvgIpc) is 2.73. The summed E-state index contributed by atoms with van der Waals surface area (Å²) in [5.41, 5.74) is 0.925. The van der Waals surface area contributed by atoms with E-state index >= 15 is 0 Å². The first kappa shape index (κ1) is 18.8. The van der Waals surface area contributed by atoms with Crippen molar-refractivity contribution in [3.63, 3.8) is 0 Å². The minimum absolute atomic E-state index is 0.0156. The second-order valence-corrected chi connectivity index (χ2v) is 6.39. The molecule has 1 aliphatic rings. The number of carbonyl (C=O) groups is 2. The Labute approximate surface area is 159 Å². The van der Waals surface area contributed by atoms with Crippen LogP contribution in [0.25, 0.3) is 0 Å². The van der Waals surface area contributed by atoms with E-state index in [0.29, 0.717) is 38.3 Å². The number of para-hydroxylation sites is 1. The SMILES string of the molecule is COc1cccc(CC(=O)N2CCN(C(=O)COc3ccccc3)CC2)c1. The highest BCUT2D eigenvalue weighted by Crippen LogP contribution is 2.14. The molecule has 0 spiro atoms. The van der Waals surface area contributed by atoms with Crippen LogP contribution in [0.5, 0.6) is 11.5 Å². The van der Waals surface area contributed by atoms with E-state index in [1.807, 2.05) is 54.6 Å². The topological polar surface area (TPSA) is 59.1 Å². The number of hydrogen-bond donors (Lipinski definition) is 0. The van der Waals surface area contributed by atoms with Gasteiger partial charge in [-0.2, -0.15) is 0 Å². The first-order chi connectivity index (χ1) is 13.2. The minimum Gasteiger partial charge on any atom is -0.497 e. The summed E-state index contributed by atoms with van der Waals surface area (Å²) in [5.74, 6) is 1.43. The fourth-order valence-corrected chi connectivity index (χ4v) is 3.03. The zero-order valence-corrected chi connectivity index (χ0v) is 15.5. The maximum Gasteiger partial charge on any atom is 0.260 e. The van der Waals surface area contributed by atoms with E-state index in [1.165, 1.54) is 0 Å². The Kier molecular flexibility index (Phi) is 6.30. The summed E-state index contributed by atoms with van der Waals surface area (Å²) < 4.78 is 10.7. The predicted octanol–water partition coefficient (Wildman–Crippen LogP) is 1.99. The van der Waals surface area contributed by atoms with Gasteiger partial charge in [0.15, 0.2) is 6.61 Å². The second-order valence-electron chi connectivity index (χ2n) is 6.39. The highest BCUT2D eigenvalue weighted by Gasteiger charge is 2.24. The molecule has 0 atom stereocenters. The number of amides is 2. The smallest absolute Gasteiger partial charge is 0.260 e. The monoisotopic (exact) mass is 368 g/mol. The van der Waals surface area contributed by atoms with Crippen LogP contribution < -0.4 is 9.47 Å². The highest BCUT2D eigenvalue weighted by molar-refractivity contribution is 5.80. The molecule has 3 rings (SSSR count). The lowest BCUT2D eigenvalue weighted by Crippen LogP contribution is -2.52. The number of hydrogen-bond acceptors (Lipinski definition) is 4. The van der Waals surface area contributed by atoms with Gasteiger partial charge in [0, 0.05) is 26.2 Å². The Balaban J connectivity index is 1.45. The van der Waals surface area contributed by atoms with E-state index in [1.54, 1.807) is 16.9 Å². The normalized spacial score (nSPS) is 14.0. The third-order valence-corrected chi connectivity index (χ3v) is 4.58. The first-order valence-corrected chi connectivity index (χ1v) is 9.02. The number of nitrogens with zero attached hydrogens (tertiary/aromatic N) is 2. The van der Waals surface area contributed by atoms with Gasteiger partial charge in [0.2, 0.25) is 5.91 Å². The van der Waals surface area contributed by atoms with Crippen LogP contribution >= 0.6 is 0 Å². The molecular formula is C21H24N2O4. The summed E-state index contributed by atoms with van der Waals surface area (Å²) in [5, 5.41) is 0. The van der Waals surface area contributed by atoms with E-state index in [0.717, 1.165) is 11.3 Å². The third-order valence-electron chi connectivity index (χ3n) is 4.58. The largest absolute Gasteiger partial charge is 0.497 e. The average molecular weight is 368 g/mol. The molecule has 0 saturated carbocycles. The third kappa shape index (κ3) is 5.23. The van der Waals surface area contributed by atoms with Gasteiger partial charge in [-0.1, -0.05) is 30.3 Å². The number of methoxy groups -OCH3 is 1. The van der Waals surface area contributed by atoms with Crippen LogP contribution in [0.2, 0.25) is 0 Å². The van der Waals surface area contributed by atoms with Crippen LogP contribution in [0.4, 0.5) is 0 Å². The van der Waals surface area contributed by atoms with Gasteiger partial charge in [-0.25, -0.2) is 0 Å². The van der Waals surface area contributed by atoms with Gasteiger partial charge >= 0.3 is 0 Å². The lowest BCUT2D eigenvalue weighted by molar-refractivity contribution is -0.140. The molecule has 0 aliphatic carbocycles. The van der Waals surface area contributed by atoms with Crippen LogP contribution in [0, 0.1) is 0 Å². The summed E-state index contributed by atoms with van der Waals surface area (Å²) >= 11 is 0. The minimum atomic E-state index is -0.0567. The van der Waals surface area contributed by atoms with E-state index in [-0.39, 0.29) is 18.4 Å². The maximum atomic E-state index is 12.5. The fraction of sp³-hybridized carbons (Fsp3) is 0.333. The molecule has 0 radical (unpaired) electrons. The molecule has 6 nitrogen and oxygen atoms in total. The van der Waals surface area contributed by atoms with Crippen LogP contribution in [-0.2, 0) is 16.0 Å². The summed E-state index contributed by atoms with van der Waals surface area (Å²) in [6, 6.07) is 16.8. The van der Waals surface area contributed by atoms with E-state index < -0.39 is 0 Å². The number of rotatable bonds is 6. The molecule has 2 aromatic carbocycles. The molecular weight excluding hydrogens is 344 g/mol. The van der Waals surface area contributed by atoms with E-state index in [4.69, 9.17) is 9.47 Å². The van der Waals surface area contributed by atoms with E-state index in [2.05, 4.69) is 0 Å². The van der Waals surface area contributed by atoms with Crippen molar-refractivity contribution in [1.29, 1.82) is 0 Å². The van der Waals surface area contributed by atoms with Crippen LogP contribution in [0.3, 0.4) is 0 Å². The maximum absolute atomic E-state index is 12.5.